The fourth-order valence-corrected chi connectivity index (χ4v) is 4.36. The van der Waals surface area contributed by atoms with Gasteiger partial charge < -0.3 is 9.73 Å². The van der Waals surface area contributed by atoms with Crippen molar-refractivity contribution >= 4 is 21.6 Å². The lowest BCUT2D eigenvalue weighted by atomic mass is 9.93. The number of fused-ring (bicyclic) bond motifs is 1. The number of aromatic nitrogens is 1. The first-order chi connectivity index (χ1) is 13.5. The molecule has 1 unspecified atom stereocenters. The largest absolute Gasteiger partial charge is 0.469 e. The Hall–Kier alpha value is -3.13. The number of aryl methyl sites for hydroxylation is 1. The van der Waals surface area contributed by atoms with Crippen LogP contribution in [0.15, 0.2) is 70.4 Å². The molecule has 3 aromatic rings. The Kier molecular flexibility index (Phi) is 4.87. The first-order valence-corrected chi connectivity index (χ1v) is 10.4. The molecule has 0 saturated heterocycles. The summed E-state index contributed by atoms with van der Waals surface area (Å²) >= 11 is 0. The van der Waals surface area contributed by atoms with Crippen LogP contribution in [0.3, 0.4) is 0 Å². The Morgan fingerprint density at radius 2 is 1.82 bits per heavy atom. The van der Waals surface area contributed by atoms with Gasteiger partial charge in [-0.15, -0.1) is 0 Å². The second kappa shape index (κ2) is 7.47. The van der Waals surface area contributed by atoms with Gasteiger partial charge in [0.15, 0.2) is 0 Å². The van der Waals surface area contributed by atoms with E-state index in [1.165, 1.54) is 36.7 Å². The van der Waals surface area contributed by atoms with Crippen molar-refractivity contribution in [1.29, 1.82) is 0 Å². The molecule has 2 heterocycles. The number of hydrogen-bond acceptors (Lipinski definition) is 5. The number of sulfonamides is 1. The molecular weight excluding hydrogens is 378 g/mol. The van der Waals surface area contributed by atoms with Crippen LogP contribution in [-0.4, -0.2) is 19.3 Å². The molecule has 0 fully saturated rings. The zero-order valence-corrected chi connectivity index (χ0v) is 15.8. The van der Waals surface area contributed by atoms with Gasteiger partial charge in [0.1, 0.15) is 5.76 Å². The highest BCUT2D eigenvalue weighted by molar-refractivity contribution is 7.92. The highest BCUT2D eigenvalue weighted by Gasteiger charge is 2.24. The molecule has 0 aliphatic heterocycles. The lowest BCUT2D eigenvalue weighted by molar-refractivity contribution is 0.0932. The SMILES string of the molecule is O=C(NC1CCCc2occc21)c1ccc(S(=O)(=O)Nc2ccncc2)cc1. The normalized spacial score (nSPS) is 16.2. The number of hydrogen-bond donors (Lipinski definition) is 2. The number of nitrogens with one attached hydrogen (secondary N) is 2. The van der Waals surface area contributed by atoms with E-state index in [2.05, 4.69) is 15.0 Å². The molecule has 0 bridgehead atoms. The van der Waals surface area contributed by atoms with Gasteiger partial charge in [0.05, 0.1) is 22.9 Å². The van der Waals surface area contributed by atoms with Crippen LogP contribution >= 0.6 is 0 Å². The summed E-state index contributed by atoms with van der Waals surface area (Å²) in [6.07, 6.45) is 7.32. The van der Waals surface area contributed by atoms with Gasteiger partial charge in [-0.05, 0) is 55.3 Å². The third-order valence-corrected chi connectivity index (χ3v) is 6.11. The maximum absolute atomic E-state index is 12.6. The second-order valence-electron chi connectivity index (χ2n) is 6.58. The van der Waals surface area contributed by atoms with Crippen molar-refractivity contribution in [3.8, 4) is 0 Å². The third kappa shape index (κ3) is 3.77. The summed E-state index contributed by atoms with van der Waals surface area (Å²) in [5, 5.41) is 3.00. The average molecular weight is 397 g/mol. The maximum atomic E-state index is 12.6. The van der Waals surface area contributed by atoms with Crippen molar-refractivity contribution in [2.45, 2.75) is 30.2 Å². The number of anilines is 1. The van der Waals surface area contributed by atoms with Gasteiger partial charge >= 0.3 is 0 Å². The van der Waals surface area contributed by atoms with E-state index in [-0.39, 0.29) is 16.8 Å². The van der Waals surface area contributed by atoms with E-state index in [1.807, 2.05) is 6.07 Å². The van der Waals surface area contributed by atoms with E-state index >= 15 is 0 Å². The lowest BCUT2D eigenvalue weighted by Gasteiger charge is -2.22. The van der Waals surface area contributed by atoms with Crippen LogP contribution in [0.4, 0.5) is 5.69 Å². The number of carbonyl (C=O) groups is 1. The molecule has 1 atom stereocenters. The Labute approximate surface area is 162 Å². The Balaban J connectivity index is 1.47. The number of pyridine rings is 1. The summed E-state index contributed by atoms with van der Waals surface area (Å²) in [7, 11) is -3.74. The van der Waals surface area contributed by atoms with Crippen LogP contribution < -0.4 is 10.0 Å². The molecule has 4 rings (SSSR count). The van der Waals surface area contributed by atoms with Crippen molar-refractivity contribution in [2.24, 2.45) is 0 Å². The fraction of sp³-hybridized carbons (Fsp3) is 0.200. The van der Waals surface area contributed by atoms with Crippen LogP contribution in [0.25, 0.3) is 0 Å². The topological polar surface area (TPSA) is 101 Å². The molecule has 2 N–H and O–H groups in total. The van der Waals surface area contributed by atoms with Crippen molar-refractivity contribution in [1.82, 2.24) is 10.3 Å². The Bertz CT molecular complexity index is 1080. The van der Waals surface area contributed by atoms with Gasteiger partial charge in [-0.25, -0.2) is 8.42 Å². The maximum Gasteiger partial charge on any atom is 0.261 e. The molecule has 7 nitrogen and oxygen atoms in total. The summed E-state index contributed by atoms with van der Waals surface area (Å²) in [5.74, 6) is 0.672. The van der Waals surface area contributed by atoms with Crippen molar-refractivity contribution in [3.05, 3.63) is 78.0 Å². The van der Waals surface area contributed by atoms with Crippen LogP contribution in [-0.2, 0) is 16.4 Å². The smallest absolute Gasteiger partial charge is 0.261 e. The molecule has 1 aromatic carbocycles. The molecular formula is C20H19N3O4S. The van der Waals surface area contributed by atoms with Gasteiger partial charge in [-0.2, -0.15) is 0 Å². The highest BCUT2D eigenvalue weighted by Crippen LogP contribution is 2.30. The minimum absolute atomic E-state index is 0.0793. The number of carbonyl (C=O) groups excluding carboxylic acids is 1. The van der Waals surface area contributed by atoms with Crippen LogP contribution in [0.5, 0.6) is 0 Å². The van der Waals surface area contributed by atoms with Crippen molar-refractivity contribution in [3.63, 3.8) is 0 Å². The highest BCUT2D eigenvalue weighted by atomic mass is 32.2. The van der Waals surface area contributed by atoms with Crippen molar-refractivity contribution in [2.75, 3.05) is 4.72 Å². The molecule has 1 amide bonds. The fourth-order valence-electron chi connectivity index (χ4n) is 3.30. The molecule has 1 aliphatic rings. The van der Waals surface area contributed by atoms with Gasteiger partial charge in [0.25, 0.3) is 15.9 Å². The van der Waals surface area contributed by atoms with E-state index in [0.29, 0.717) is 11.3 Å². The summed E-state index contributed by atoms with van der Waals surface area (Å²) in [6, 6.07) is 10.8. The molecule has 0 spiro atoms. The number of rotatable bonds is 5. The van der Waals surface area contributed by atoms with Gasteiger partial charge in [-0.1, -0.05) is 0 Å². The Morgan fingerprint density at radius 3 is 2.57 bits per heavy atom. The summed E-state index contributed by atoms with van der Waals surface area (Å²) in [4.78, 5) is 16.5. The average Bonchev–Trinajstić information content (AvgIpc) is 3.18. The summed E-state index contributed by atoms with van der Waals surface area (Å²) < 4.78 is 32.9. The van der Waals surface area contributed by atoms with Gasteiger partial charge in [0.2, 0.25) is 0 Å². The van der Waals surface area contributed by atoms with E-state index in [0.717, 1.165) is 30.6 Å². The zero-order chi connectivity index (χ0) is 19.6. The van der Waals surface area contributed by atoms with Crippen molar-refractivity contribution < 1.29 is 17.6 Å². The van der Waals surface area contributed by atoms with Crippen LogP contribution in [0.1, 0.15) is 40.6 Å². The molecule has 2 aromatic heterocycles. The minimum Gasteiger partial charge on any atom is -0.469 e. The second-order valence-corrected chi connectivity index (χ2v) is 8.27. The predicted octanol–water partition coefficient (Wildman–Crippen LogP) is 3.28. The first-order valence-electron chi connectivity index (χ1n) is 8.93. The van der Waals surface area contributed by atoms with Gasteiger partial charge in [0, 0.05) is 29.9 Å². The van der Waals surface area contributed by atoms with E-state index in [1.54, 1.807) is 18.4 Å². The molecule has 0 radical (unpaired) electrons. The summed E-state index contributed by atoms with van der Waals surface area (Å²) in [5.41, 5.74) is 1.84. The standard InChI is InChI=1S/C20H19N3O4S/c24-20(22-18-2-1-3-19-17(18)10-13-27-19)14-4-6-16(7-5-14)28(25,26)23-15-8-11-21-12-9-15/h4-13,18H,1-3H2,(H,21,23)(H,22,24). The van der Waals surface area contributed by atoms with Crippen LogP contribution in [0.2, 0.25) is 0 Å². The quantitative estimate of drug-likeness (QED) is 0.688. The van der Waals surface area contributed by atoms with E-state index < -0.39 is 10.0 Å². The Morgan fingerprint density at radius 1 is 1.07 bits per heavy atom. The number of benzene rings is 1. The number of nitrogens with zero attached hydrogens (tertiary/aromatic N) is 1. The molecule has 1 aliphatic carbocycles. The number of amides is 1. The zero-order valence-electron chi connectivity index (χ0n) is 15.0. The molecule has 8 heteroatoms. The van der Waals surface area contributed by atoms with Crippen LogP contribution in [0, 0.1) is 0 Å². The van der Waals surface area contributed by atoms with E-state index in [4.69, 9.17) is 4.42 Å². The summed E-state index contributed by atoms with van der Waals surface area (Å²) in [6.45, 7) is 0. The van der Waals surface area contributed by atoms with E-state index in [9.17, 15) is 13.2 Å². The monoisotopic (exact) mass is 397 g/mol. The third-order valence-electron chi connectivity index (χ3n) is 4.72. The predicted molar refractivity (Wildman–Crippen MR) is 103 cm³/mol. The molecule has 144 valence electrons. The number of furan rings is 1. The molecule has 0 saturated carbocycles. The van der Waals surface area contributed by atoms with Gasteiger partial charge in [-0.3, -0.25) is 14.5 Å². The lowest BCUT2D eigenvalue weighted by Crippen LogP contribution is -2.30. The first kappa shape index (κ1) is 18.2. The molecule has 28 heavy (non-hydrogen) atoms. The minimum atomic E-state index is -3.74.